The summed E-state index contributed by atoms with van der Waals surface area (Å²) in [6.07, 6.45) is 7.11. The Labute approximate surface area is 87.3 Å². The highest BCUT2D eigenvalue weighted by atomic mass is 14.3. The molecule has 0 unspecified atom stereocenters. The Morgan fingerprint density at radius 3 is 2.36 bits per heavy atom. The van der Waals surface area contributed by atoms with Crippen LogP contribution >= 0.6 is 0 Å². The lowest BCUT2D eigenvalue weighted by molar-refractivity contribution is 0.424. The van der Waals surface area contributed by atoms with E-state index in [4.69, 9.17) is 0 Å². The SMILES string of the molecule is CC[C@@H](c1ccccc1)C1CCCC1. The van der Waals surface area contributed by atoms with Gasteiger partial charge in [-0.1, -0.05) is 50.1 Å². The molecule has 0 amide bonds. The molecule has 0 bridgehead atoms. The molecule has 1 aromatic rings. The van der Waals surface area contributed by atoms with Gasteiger partial charge in [0.2, 0.25) is 0 Å². The maximum atomic E-state index is 2.33. The Hall–Kier alpha value is -0.780. The van der Waals surface area contributed by atoms with E-state index in [0.717, 1.165) is 11.8 Å². The first kappa shape index (κ1) is 9.76. The van der Waals surface area contributed by atoms with Crippen molar-refractivity contribution in [1.82, 2.24) is 0 Å². The maximum Gasteiger partial charge on any atom is -0.0136 e. The fraction of sp³-hybridized carbons (Fsp3) is 0.571. The monoisotopic (exact) mass is 188 g/mol. The van der Waals surface area contributed by atoms with Crippen molar-refractivity contribution in [3.05, 3.63) is 35.9 Å². The highest BCUT2D eigenvalue weighted by Gasteiger charge is 2.24. The molecule has 0 saturated heterocycles. The van der Waals surface area contributed by atoms with Crippen molar-refractivity contribution in [3.63, 3.8) is 0 Å². The smallest absolute Gasteiger partial charge is 0.0136 e. The summed E-state index contributed by atoms with van der Waals surface area (Å²) in [5.74, 6) is 1.78. The first-order chi connectivity index (χ1) is 6.92. The molecule has 0 heterocycles. The lowest BCUT2D eigenvalue weighted by Gasteiger charge is -2.22. The number of hydrogen-bond acceptors (Lipinski definition) is 0. The molecule has 0 radical (unpaired) electrons. The van der Waals surface area contributed by atoms with E-state index in [2.05, 4.69) is 37.3 Å². The number of hydrogen-bond donors (Lipinski definition) is 0. The molecule has 1 atom stereocenters. The molecule has 0 nitrogen and oxygen atoms in total. The third kappa shape index (κ3) is 2.00. The summed E-state index contributed by atoms with van der Waals surface area (Å²) in [6, 6.07) is 11.1. The van der Waals surface area contributed by atoms with Crippen LogP contribution in [0.1, 0.15) is 50.5 Å². The van der Waals surface area contributed by atoms with Gasteiger partial charge < -0.3 is 0 Å². The van der Waals surface area contributed by atoms with Crippen molar-refractivity contribution in [2.75, 3.05) is 0 Å². The fourth-order valence-electron chi connectivity index (χ4n) is 2.90. The molecule has 1 aliphatic rings. The van der Waals surface area contributed by atoms with E-state index >= 15 is 0 Å². The summed E-state index contributed by atoms with van der Waals surface area (Å²) in [4.78, 5) is 0. The lowest BCUT2D eigenvalue weighted by atomic mass is 9.83. The molecule has 14 heavy (non-hydrogen) atoms. The first-order valence-electron chi connectivity index (χ1n) is 5.96. The Bertz CT molecular complexity index is 257. The molecule has 1 fully saturated rings. The van der Waals surface area contributed by atoms with Gasteiger partial charge in [0.15, 0.2) is 0 Å². The van der Waals surface area contributed by atoms with Crippen LogP contribution < -0.4 is 0 Å². The van der Waals surface area contributed by atoms with Gasteiger partial charge in [-0.3, -0.25) is 0 Å². The van der Waals surface area contributed by atoms with Crippen LogP contribution in [0.15, 0.2) is 30.3 Å². The maximum absolute atomic E-state index is 2.33. The Kier molecular flexibility index (Phi) is 3.23. The van der Waals surface area contributed by atoms with Crippen LogP contribution in [-0.2, 0) is 0 Å². The minimum Gasteiger partial charge on any atom is -0.0648 e. The molecule has 1 aromatic carbocycles. The van der Waals surface area contributed by atoms with Crippen LogP contribution in [-0.4, -0.2) is 0 Å². The highest BCUT2D eigenvalue weighted by Crippen LogP contribution is 2.38. The van der Waals surface area contributed by atoms with Gasteiger partial charge in [-0.15, -0.1) is 0 Å². The van der Waals surface area contributed by atoms with Gasteiger partial charge in [-0.25, -0.2) is 0 Å². The van der Waals surface area contributed by atoms with Gasteiger partial charge in [0.1, 0.15) is 0 Å². The molecule has 0 spiro atoms. The highest BCUT2D eigenvalue weighted by molar-refractivity contribution is 5.20. The largest absolute Gasteiger partial charge is 0.0648 e. The predicted molar refractivity (Wildman–Crippen MR) is 61.4 cm³/mol. The van der Waals surface area contributed by atoms with Gasteiger partial charge >= 0.3 is 0 Å². The molecule has 76 valence electrons. The van der Waals surface area contributed by atoms with Crippen molar-refractivity contribution >= 4 is 0 Å². The van der Waals surface area contributed by atoms with Gasteiger partial charge in [-0.05, 0) is 36.7 Å². The van der Waals surface area contributed by atoms with Gasteiger partial charge in [0, 0.05) is 0 Å². The van der Waals surface area contributed by atoms with E-state index in [1.54, 1.807) is 5.56 Å². The molecule has 0 heteroatoms. The average Bonchev–Trinajstić information content (AvgIpc) is 2.74. The summed E-state index contributed by atoms with van der Waals surface area (Å²) < 4.78 is 0. The molecule has 0 aliphatic heterocycles. The number of benzene rings is 1. The van der Waals surface area contributed by atoms with E-state index in [1.165, 1.54) is 32.1 Å². The Morgan fingerprint density at radius 2 is 1.79 bits per heavy atom. The average molecular weight is 188 g/mol. The van der Waals surface area contributed by atoms with Gasteiger partial charge in [-0.2, -0.15) is 0 Å². The predicted octanol–water partition coefficient (Wildman–Crippen LogP) is 4.37. The zero-order chi connectivity index (χ0) is 9.80. The van der Waals surface area contributed by atoms with Crippen molar-refractivity contribution in [3.8, 4) is 0 Å². The second kappa shape index (κ2) is 4.63. The molecule has 2 rings (SSSR count). The lowest BCUT2D eigenvalue weighted by Crippen LogP contribution is -2.08. The summed E-state index contributed by atoms with van der Waals surface area (Å²) in [6.45, 7) is 2.33. The van der Waals surface area contributed by atoms with Crippen molar-refractivity contribution in [2.45, 2.75) is 44.9 Å². The van der Waals surface area contributed by atoms with Crippen LogP contribution in [0.2, 0.25) is 0 Å². The van der Waals surface area contributed by atoms with Crippen LogP contribution in [0.4, 0.5) is 0 Å². The standard InChI is InChI=1S/C14H20/c1-2-14(13-10-6-7-11-13)12-8-4-3-5-9-12/h3-5,8-9,13-14H,2,6-7,10-11H2,1H3/t14-/m0/s1. The third-order valence-electron chi connectivity index (χ3n) is 3.64. The Balaban J connectivity index is 2.12. The van der Waals surface area contributed by atoms with Crippen molar-refractivity contribution in [2.24, 2.45) is 5.92 Å². The molecule has 0 N–H and O–H groups in total. The summed E-state index contributed by atoms with van der Waals surface area (Å²) >= 11 is 0. The fourth-order valence-corrected chi connectivity index (χ4v) is 2.90. The van der Waals surface area contributed by atoms with Crippen molar-refractivity contribution in [1.29, 1.82) is 0 Å². The Morgan fingerprint density at radius 1 is 1.14 bits per heavy atom. The minimum absolute atomic E-state index is 0.818. The van der Waals surface area contributed by atoms with E-state index < -0.39 is 0 Å². The quantitative estimate of drug-likeness (QED) is 0.660. The molecule has 1 aliphatic carbocycles. The van der Waals surface area contributed by atoms with Gasteiger partial charge in [0.05, 0.1) is 0 Å². The van der Waals surface area contributed by atoms with Crippen LogP contribution in [0.25, 0.3) is 0 Å². The zero-order valence-electron chi connectivity index (χ0n) is 9.08. The minimum atomic E-state index is 0.818. The van der Waals surface area contributed by atoms with Crippen LogP contribution in [0, 0.1) is 5.92 Å². The van der Waals surface area contributed by atoms with Crippen LogP contribution in [0.3, 0.4) is 0 Å². The van der Waals surface area contributed by atoms with E-state index in [0.29, 0.717) is 0 Å². The summed E-state index contributed by atoms with van der Waals surface area (Å²) in [7, 11) is 0. The normalized spacial score (nSPS) is 19.8. The second-order valence-electron chi connectivity index (χ2n) is 4.47. The molecular weight excluding hydrogens is 168 g/mol. The van der Waals surface area contributed by atoms with E-state index in [-0.39, 0.29) is 0 Å². The summed E-state index contributed by atoms with van der Waals surface area (Å²) in [5.41, 5.74) is 1.56. The molecule has 0 aromatic heterocycles. The van der Waals surface area contributed by atoms with Crippen LogP contribution in [0.5, 0.6) is 0 Å². The zero-order valence-corrected chi connectivity index (χ0v) is 9.08. The topological polar surface area (TPSA) is 0 Å². The van der Waals surface area contributed by atoms with Crippen molar-refractivity contribution < 1.29 is 0 Å². The second-order valence-corrected chi connectivity index (χ2v) is 4.47. The summed E-state index contributed by atoms with van der Waals surface area (Å²) in [5, 5.41) is 0. The third-order valence-corrected chi connectivity index (χ3v) is 3.64. The van der Waals surface area contributed by atoms with E-state index in [9.17, 15) is 0 Å². The number of rotatable bonds is 3. The molecular formula is C14H20. The van der Waals surface area contributed by atoms with Gasteiger partial charge in [0.25, 0.3) is 0 Å². The van der Waals surface area contributed by atoms with E-state index in [1.807, 2.05) is 0 Å². The first-order valence-corrected chi connectivity index (χ1v) is 5.96. The molecule has 1 saturated carbocycles.